The molecule has 0 saturated heterocycles. The molecule has 0 saturated carbocycles. The number of nitriles is 1. The van der Waals surface area contributed by atoms with E-state index in [1.807, 2.05) is 6.07 Å². The fourth-order valence-electron chi connectivity index (χ4n) is 2.22. The normalized spacial score (nSPS) is 10.3. The molecule has 0 unspecified atom stereocenters. The Morgan fingerprint density at radius 1 is 1.19 bits per heavy atom. The Labute approximate surface area is 157 Å². The number of benzene rings is 1. The molecule has 0 aliphatic carbocycles. The lowest BCUT2D eigenvalue weighted by Gasteiger charge is -2.12. The van der Waals surface area contributed by atoms with Crippen molar-refractivity contribution in [3.05, 3.63) is 41.1 Å². The van der Waals surface area contributed by atoms with Crippen molar-refractivity contribution in [2.24, 2.45) is 0 Å². The third-order valence-electron chi connectivity index (χ3n) is 3.39. The summed E-state index contributed by atoms with van der Waals surface area (Å²) in [4.78, 5) is 15.0. The molecule has 11 heteroatoms. The summed E-state index contributed by atoms with van der Waals surface area (Å²) in [7, 11) is 1.39. The molecule has 0 fully saturated rings. The van der Waals surface area contributed by atoms with Crippen LogP contribution in [0, 0.1) is 17.1 Å². The van der Waals surface area contributed by atoms with Crippen LogP contribution in [-0.4, -0.2) is 27.0 Å². The van der Waals surface area contributed by atoms with Crippen LogP contribution in [0.25, 0.3) is 11.3 Å². The van der Waals surface area contributed by atoms with Gasteiger partial charge in [0.1, 0.15) is 17.5 Å². The van der Waals surface area contributed by atoms with Gasteiger partial charge >= 0.3 is 0 Å². The van der Waals surface area contributed by atoms with Gasteiger partial charge in [-0.3, -0.25) is 0 Å². The predicted octanol–water partition coefficient (Wildman–Crippen LogP) is 2.56. The molecule has 27 heavy (non-hydrogen) atoms. The van der Waals surface area contributed by atoms with E-state index in [9.17, 15) is 9.65 Å². The van der Waals surface area contributed by atoms with Gasteiger partial charge in [0, 0.05) is 5.56 Å². The van der Waals surface area contributed by atoms with Crippen molar-refractivity contribution in [3.8, 4) is 34.7 Å². The second kappa shape index (κ2) is 7.27. The van der Waals surface area contributed by atoms with E-state index >= 15 is 0 Å². The largest absolute Gasteiger partial charge is 0.493 e. The number of nitrogen functional groups attached to an aromatic ring is 2. The summed E-state index contributed by atoms with van der Waals surface area (Å²) in [5.41, 5.74) is 12.1. The van der Waals surface area contributed by atoms with Crippen molar-refractivity contribution in [2.75, 3.05) is 18.6 Å². The van der Waals surface area contributed by atoms with Gasteiger partial charge in [-0.05, 0) is 29.8 Å². The van der Waals surface area contributed by atoms with Gasteiger partial charge in [-0.25, -0.2) is 9.97 Å². The van der Waals surface area contributed by atoms with E-state index in [0.29, 0.717) is 5.56 Å². The van der Waals surface area contributed by atoms with E-state index in [2.05, 4.69) is 19.9 Å². The van der Waals surface area contributed by atoms with E-state index in [1.54, 1.807) is 6.07 Å². The summed E-state index contributed by atoms with van der Waals surface area (Å²) in [6.45, 7) is 0. The summed E-state index contributed by atoms with van der Waals surface area (Å²) in [5, 5.41) is 9.14. The van der Waals surface area contributed by atoms with Crippen LogP contribution in [0.1, 0.15) is 5.56 Å². The Hall–Kier alpha value is -3.71. The number of aromatic nitrogens is 4. The summed E-state index contributed by atoms with van der Waals surface area (Å²) in [6, 6.07) is 6.52. The number of nitrogens with two attached hydrogens (primary N) is 2. The Morgan fingerprint density at radius 3 is 2.67 bits per heavy atom. The standard InChI is InChI=1S/C16H11ClFN7O2/c1-26-11-4-7(12-8(5-19)13(20)24-16(21)23-12)2-3-10(11)27-14-9(18)6-22-15(17)25-14/h2-4,6H,1H3,(H4,20,21,23,24). The molecule has 136 valence electrons. The maximum absolute atomic E-state index is 13.8. The Bertz CT molecular complexity index is 1070. The van der Waals surface area contributed by atoms with Crippen LogP contribution >= 0.6 is 11.6 Å². The first-order valence-electron chi connectivity index (χ1n) is 7.30. The van der Waals surface area contributed by atoms with Crippen molar-refractivity contribution in [2.45, 2.75) is 0 Å². The lowest BCUT2D eigenvalue weighted by atomic mass is 10.1. The molecule has 0 aliphatic heterocycles. The van der Waals surface area contributed by atoms with Gasteiger partial charge in [-0.15, -0.1) is 0 Å². The van der Waals surface area contributed by atoms with Gasteiger partial charge in [0.25, 0.3) is 5.88 Å². The number of hydrogen-bond donors (Lipinski definition) is 2. The zero-order chi connectivity index (χ0) is 19.6. The van der Waals surface area contributed by atoms with Gasteiger partial charge < -0.3 is 20.9 Å². The lowest BCUT2D eigenvalue weighted by Crippen LogP contribution is -2.05. The van der Waals surface area contributed by atoms with Crippen molar-refractivity contribution in [3.63, 3.8) is 0 Å². The van der Waals surface area contributed by atoms with Crippen LogP contribution in [-0.2, 0) is 0 Å². The molecule has 0 amide bonds. The number of methoxy groups -OCH3 is 1. The highest BCUT2D eigenvalue weighted by atomic mass is 35.5. The topological polar surface area (TPSA) is 146 Å². The van der Waals surface area contributed by atoms with Crippen LogP contribution in [0.4, 0.5) is 16.2 Å². The second-order valence-corrected chi connectivity index (χ2v) is 5.40. The summed E-state index contributed by atoms with van der Waals surface area (Å²) < 4.78 is 24.5. The third-order valence-corrected chi connectivity index (χ3v) is 3.57. The fourth-order valence-corrected chi connectivity index (χ4v) is 2.35. The van der Waals surface area contributed by atoms with Gasteiger partial charge in [-0.2, -0.15) is 19.6 Å². The molecule has 0 bridgehead atoms. The number of hydrogen-bond acceptors (Lipinski definition) is 9. The number of nitrogens with zero attached hydrogens (tertiary/aromatic N) is 5. The molecule has 3 rings (SSSR count). The van der Waals surface area contributed by atoms with Crippen molar-refractivity contribution in [1.29, 1.82) is 5.26 Å². The average Bonchev–Trinajstić information content (AvgIpc) is 2.64. The lowest BCUT2D eigenvalue weighted by molar-refractivity contribution is 0.363. The molecule has 0 spiro atoms. The van der Waals surface area contributed by atoms with Crippen molar-refractivity contribution < 1.29 is 13.9 Å². The third kappa shape index (κ3) is 3.63. The van der Waals surface area contributed by atoms with Crippen molar-refractivity contribution in [1.82, 2.24) is 19.9 Å². The Morgan fingerprint density at radius 2 is 1.96 bits per heavy atom. The predicted molar refractivity (Wildman–Crippen MR) is 94.6 cm³/mol. The highest BCUT2D eigenvalue weighted by molar-refractivity contribution is 6.28. The summed E-state index contributed by atoms with van der Waals surface area (Å²) in [5.74, 6) is -0.914. The molecule has 0 radical (unpaired) electrons. The van der Waals surface area contributed by atoms with Gasteiger partial charge in [0.15, 0.2) is 11.5 Å². The van der Waals surface area contributed by atoms with E-state index in [0.717, 1.165) is 6.20 Å². The van der Waals surface area contributed by atoms with Crippen LogP contribution in [0.3, 0.4) is 0 Å². The Kier molecular flexibility index (Phi) is 4.87. The number of ether oxygens (including phenoxy) is 2. The summed E-state index contributed by atoms with van der Waals surface area (Å²) >= 11 is 5.66. The first kappa shape index (κ1) is 18.1. The van der Waals surface area contributed by atoms with Gasteiger partial charge in [-0.1, -0.05) is 0 Å². The Balaban J connectivity index is 2.06. The monoisotopic (exact) mass is 387 g/mol. The first-order valence-corrected chi connectivity index (χ1v) is 7.68. The maximum atomic E-state index is 13.8. The quantitative estimate of drug-likeness (QED) is 0.644. The fraction of sp³-hybridized carbons (Fsp3) is 0.0625. The maximum Gasteiger partial charge on any atom is 0.260 e. The smallest absolute Gasteiger partial charge is 0.260 e. The highest BCUT2D eigenvalue weighted by Gasteiger charge is 2.17. The van der Waals surface area contributed by atoms with E-state index < -0.39 is 5.82 Å². The van der Waals surface area contributed by atoms with E-state index in [4.69, 9.17) is 32.5 Å². The zero-order valence-corrected chi connectivity index (χ0v) is 14.5. The minimum absolute atomic E-state index is 0.0445. The molecular formula is C16H11ClFN7O2. The molecule has 4 N–H and O–H groups in total. The van der Waals surface area contributed by atoms with Crippen LogP contribution in [0.5, 0.6) is 17.4 Å². The van der Waals surface area contributed by atoms with Crippen LogP contribution < -0.4 is 20.9 Å². The van der Waals surface area contributed by atoms with E-state index in [1.165, 1.54) is 19.2 Å². The van der Waals surface area contributed by atoms with Crippen LogP contribution in [0.2, 0.25) is 5.28 Å². The summed E-state index contributed by atoms with van der Waals surface area (Å²) in [6.07, 6.45) is 0.886. The first-order chi connectivity index (χ1) is 12.9. The molecule has 1 aromatic carbocycles. The molecule has 2 heterocycles. The number of anilines is 2. The molecular weight excluding hydrogens is 377 g/mol. The minimum atomic E-state index is -0.798. The van der Waals surface area contributed by atoms with Gasteiger partial charge in [0.05, 0.1) is 19.0 Å². The van der Waals surface area contributed by atoms with Crippen molar-refractivity contribution >= 4 is 23.4 Å². The SMILES string of the molecule is COc1cc(-c2nc(N)nc(N)c2C#N)ccc1Oc1nc(Cl)ncc1F. The molecule has 9 nitrogen and oxygen atoms in total. The van der Waals surface area contributed by atoms with Crippen LogP contribution in [0.15, 0.2) is 24.4 Å². The minimum Gasteiger partial charge on any atom is -0.493 e. The molecule has 3 aromatic rings. The molecule has 0 atom stereocenters. The number of halogens is 2. The zero-order valence-electron chi connectivity index (χ0n) is 13.8. The molecule has 0 aliphatic rings. The average molecular weight is 388 g/mol. The highest BCUT2D eigenvalue weighted by Crippen LogP contribution is 2.36. The van der Waals surface area contributed by atoms with E-state index in [-0.39, 0.29) is 45.7 Å². The second-order valence-electron chi connectivity index (χ2n) is 5.06. The molecule has 2 aromatic heterocycles. The number of rotatable bonds is 4. The van der Waals surface area contributed by atoms with Gasteiger partial charge in [0.2, 0.25) is 17.0 Å².